The van der Waals surface area contributed by atoms with E-state index < -0.39 is 0 Å². The molecule has 0 N–H and O–H groups in total. The van der Waals surface area contributed by atoms with E-state index in [0.717, 1.165) is 12.8 Å². The Morgan fingerprint density at radius 3 is 1.54 bits per heavy atom. The quantitative estimate of drug-likeness (QED) is 0.630. The second kappa shape index (κ2) is 4.79. The Bertz CT molecular complexity index is 780. The van der Waals surface area contributed by atoms with Crippen LogP contribution in [0.4, 0.5) is 0 Å². The number of rotatable bonds is 0. The predicted octanol–water partition coefficient (Wildman–Crippen LogP) is 2.70. The standard InChI is InChI=1S/C22H26N2O2/c1-21-11-13-5-7-15(23(3)19(13)25)9-17(21)18-10-16-8-6-14(12-22(18,21)2)20(26)24(16)4/h5-10,13-16H,11-12H2,1-4H3/b17-9-,18-10-. The number of amides is 2. The molecule has 7 aliphatic rings. The number of hydrogen-bond donors (Lipinski definition) is 0. The van der Waals surface area contributed by atoms with Crippen molar-refractivity contribution in [1.29, 1.82) is 0 Å². The molecule has 0 aromatic rings. The molecule has 6 atom stereocenters. The zero-order valence-corrected chi connectivity index (χ0v) is 15.9. The molecule has 4 heterocycles. The molecule has 4 nitrogen and oxygen atoms in total. The van der Waals surface area contributed by atoms with Crippen molar-refractivity contribution in [2.24, 2.45) is 22.7 Å². The first kappa shape index (κ1) is 16.1. The van der Waals surface area contributed by atoms with E-state index in [1.54, 1.807) is 0 Å². The summed E-state index contributed by atoms with van der Waals surface area (Å²) in [4.78, 5) is 29.2. The Morgan fingerprint density at radius 2 is 1.15 bits per heavy atom. The maximum atomic E-state index is 12.7. The summed E-state index contributed by atoms with van der Waals surface area (Å²) < 4.78 is 0. The van der Waals surface area contributed by atoms with Crippen LogP contribution in [0.5, 0.6) is 0 Å². The fourth-order valence-corrected chi connectivity index (χ4v) is 5.95. The Labute approximate surface area is 154 Å². The highest BCUT2D eigenvalue weighted by Crippen LogP contribution is 2.70. The van der Waals surface area contributed by atoms with Gasteiger partial charge < -0.3 is 9.80 Å². The second-order valence-corrected chi connectivity index (χ2v) is 9.10. The highest BCUT2D eigenvalue weighted by atomic mass is 16.2. The minimum atomic E-state index is -0.0619. The van der Waals surface area contributed by atoms with Crippen LogP contribution in [0.1, 0.15) is 26.7 Å². The number of carbonyl (C=O) groups is 2. The zero-order chi connectivity index (χ0) is 18.4. The first-order valence-electron chi connectivity index (χ1n) is 9.61. The van der Waals surface area contributed by atoms with Crippen molar-refractivity contribution in [2.75, 3.05) is 14.1 Å². The number of fused-ring (bicyclic) bond motifs is 2. The van der Waals surface area contributed by atoms with Crippen LogP contribution in [0.3, 0.4) is 0 Å². The van der Waals surface area contributed by atoms with E-state index in [0.29, 0.717) is 0 Å². The Hall–Kier alpha value is -2.10. The summed E-state index contributed by atoms with van der Waals surface area (Å²) >= 11 is 0. The van der Waals surface area contributed by atoms with Crippen molar-refractivity contribution in [3.63, 3.8) is 0 Å². The molecule has 1 fully saturated rings. The largest absolute Gasteiger partial charge is 0.335 e. The van der Waals surface area contributed by atoms with Crippen LogP contribution in [0.25, 0.3) is 0 Å². The molecule has 0 saturated heterocycles. The lowest BCUT2D eigenvalue weighted by Gasteiger charge is -2.64. The van der Waals surface area contributed by atoms with Gasteiger partial charge in [-0.25, -0.2) is 0 Å². The molecule has 0 spiro atoms. The molecular formula is C22H26N2O2. The average molecular weight is 350 g/mol. The zero-order valence-electron chi connectivity index (χ0n) is 15.9. The summed E-state index contributed by atoms with van der Waals surface area (Å²) in [6, 6.07) is 0.0766. The van der Waals surface area contributed by atoms with Crippen molar-refractivity contribution in [3.05, 3.63) is 47.6 Å². The SMILES string of the molecule is CN1C(=O)C2C=CC1/C=C1/C3=C/C4C=CC(CC3(C)C1(C)C2)C(=O)N4C. The number of nitrogens with zero attached hydrogens (tertiary/aromatic N) is 2. The number of carbonyl (C=O) groups excluding carboxylic acids is 2. The van der Waals surface area contributed by atoms with E-state index in [2.05, 4.69) is 50.3 Å². The summed E-state index contributed by atoms with van der Waals surface area (Å²) in [5.41, 5.74) is 2.65. The van der Waals surface area contributed by atoms with E-state index in [4.69, 9.17) is 0 Å². The summed E-state index contributed by atoms with van der Waals surface area (Å²) in [6.45, 7) is 4.62. The molecule has 0 aromatic heterocycles. The van der Waals surface area contributed by atoms with Crippen LogP contribution < -0.4 is 0 Å². The van der Waals surface area contributed by atoms with Crippen LogP contribution in [0.15, 0.2) is 47.6 Å². The number of likely N-dealkylation sites (N-methyl/N-ethyl adjacent to an activating group) is 2. The van der Waals surface area contributed by atoms with Crippen molar-refractivity contribution >= 4 is 11.8 Å². The Morgan fingerprint density at radius 1 is 0.769 bits per heavy atom. The van der Waals surface area contributed by atoms with Gasteiger partial charge in [0.05, 0.1) is 23.9 Å². The molecule has 0 aromatic carbocycles. The fourth-order valence-electron chi connectivity index (χ4n) is 5.95. The minimum absolute atomic E-state index is 0.0383. The third-order valence-electron chi connectivity index (χ3n) is 7.93. The Balaban J connectivity index is 1.68. The van der Waals surface area contributed by atoms with Crippen LogP contribution in [0.2, 0.25) is 0 Å². The van der Waals surface area contributed by atoms with Crippen molar-refractivity contribution < 1.29 is 9.59 Å². The third-order valence-corrected chi connectivity index (χ3v) is 7.93. The molecule has 0 radical (unpaired) electrons. The van der Waals surface area contributed by atoms with Gasteiger partial charge in [0.25, 0.3) is 0 Å². The van der Waals surface area contributed by atoms with Crippen molar-refractivity contribution in [2.45, 2.75) is 38.8 Å². The molecule has 2 amide bonds. The lowest BCUT2D eigenvalue weighted by molar-refractivity contribution is -0.139. The van der Waals surface area contributed by atoms with Crippen molar-refractivity contribution in [3.8, 4) is 0 Å². The van der Waals surface area contributed by atoms with Crippen LogP contribution in [-0.2, 0) is 9.59 Å². The first-order valence-corrected chi connectivity index (χ1v) is 9.61. The van der Waals surface area contributed by atoms with Gasteiger partial charge in [0.15, 0.2) is 0 Å². The van der Waals surface area contributed by atoms with E-state index in [1.807, 2.05) is 23.9 Å². The minimum Gasteiger partial charge on any atom is -0.335 e. The number of allylic oxidation sites excluding steroid dienone is 2. The summed E-state index contributed by atoms with van der Waals surface area (Å²) in [5.74, 6) is 0.330. The van der Waals surface area contributed by atoms with Crippen LogP contribution >= 0.6 is 0 Å². The summed E-state index contributed by atoms with van der Waals surface area (Å²) in [6.07, 6.45) is 14.8. The molecule has 4 aliphatic heterocycles. The monoisotopic (exact) mass is 350 g/mol. The van der Waals surface area contributed by atoms with E-state index >= 15 is 0 Å². The van der Waals surface area contributed by atoms with Crippen molar-refractivity contribution in [1.82, 2.24) is 9.80 Å². The van der Waals surface area contributed by atoms with Gasteiger partial charge in [0.1, 0.15) is 0 Å². The lowest BCUT2D eigenvalue weighted by atomic mass is 9.40. The highest BCUT2D eigenvalue weighted by molar-refractivity contribution is 5.85. The summed E-state index contributed by atoms with van der Waals surface area (Å²) in [5, 5.41) is 0. The maximum absolute atomic E-state index is 12.7. The van der Waals surface area contributed by atoms with E-state index in [1.165, 1.54) is 11.1 Å². The van der Waals surface area contributed by atoms with Gasteiger partial charge in [0.2, 0.25) is 11.8 Å². The first-order chi connectivity index (χ1) is 12.3. The molecule has 1 saturated carbocycles. The average Bonchev–Trinajstić information content (AvgIpc) is 2.59. The van der Waals surface area contributed by atoms with Gasteiger partial charge in [0, 0.05) is 24.9 Å². The van der Waals surface area contributed by atoms with E-state index in [-0.39, 0.29) is 46.6 Å². The summed E-state index contributed by atoms with van der Waals surface area (Å²) in [7, 11) is 3.81. The molecule has 26 heavy (non-hydrogen) atoms. The molecule has 3 aliphatic carbocycles. The molecule has 4 heteroatoms. The van der Waals surface area contributed by atoms with Gasteiger partial charge in [-0.3, -0.25) is 9.59 Å². The molecule has 6 unspecified atom stereocenters. The highest BCUT2D eigenvalue weighted by Gasteiger charge is 2.63. The van der Waals surface area contributed by atoms with Gasteiger partial charge in [-0.15, -0.1) is 0 Å². The van der Waals surface area contributed by atoms with Gasteiger partial charge in [-0.05, 0) is 24.0 Å². The third kappa shape index (κ3) is 1.71. The van der Waals surface area contributed by atoms with Crippen LogP contribution in [-0.4, -0.2) is 47.8 Å². The smallest absolute Gasteiger partial charge is 0.230 e. The van der Waals surface area contributed by atoms with Gasteiger partial charge in [-0.2, -0.15) is 0 Å². The predicted molar refractivity (Wildman–Crippen MR) is 100.0 cm³/mol. The lowest BCUT2D eigenvalue weighted by Crippen LogP contribution is -2.60. The maximum Gasteiger partial charge on any atom is 0.230 e. The number of hydrogen-bond acceptors (Lipinski definition) is 2. The fraction of sp³-hybridized carbons (Fsp3) is 0.545. The Kier molecular flexibility index (Phi) is 2.96. The van der Waals surface area contributed by atoms with Gasteiger partial charge >= 0.3 is 0 Å². The topological polar surface area (TPSA) is 40.6 Å². The normalized spacial score (nSPS) is 49.8. The molecule has 136 valence electrons. The van der Waals surface area contributed by atoms with Gasteiger partial charge in [-0.1, -0.05) is 50.3 Å². The van der Waals surface area contributed by atoms with E-state index in [9.17, 15) is 9.59 Å². The van der Waals surface area contributed by atoms with Crippen LogP contribution in [0, 0.1) is 22.7 Å². The molecule has 4 bridgehead atoms. The molecular weight excluding hydrogens is 324 g/mol. The molecule has 7 rings (SSSR count). The second-order valence-electron chi connectivity index (χ2n) is 9.10.